The van der Waals surface area contributed by atoms with Crippen LogP contribution in [0, 0.1) is 6.92 Å². The third kappa shape index (κ3) is 6.41. The Balaban J connectivity index is 2.03. The molecule has 0 aliphatic carbocycles. The molecule has 0 saturated heterocycles. The third-order valence-corrected chi connectivity index (χ3v) is 2.91. The van der Waals surface area contributed by atoms with Gasteiger partial charge in [0.2, 0.25) is 5.89 Å². The summed E-state index contributed by atoms with van der Waals surface area (Å²) in [5.41, 5.74) is 0. The van der Waals surface area contributed by atoms with Crippen LogP contribution in [-0.2, 0) is 6.54 Å². The molecule has 1 rings (SSSR count). The Kier molecular flexibility index (Phi) is 6.86. The van der Waals surface area contributed by atoms with E-state index in [1.807, 2.05) is 6.92 Å². The van der Waals surface area contributed by atoms with E-state index in [9.17, 15) is 0 Å². The fraction of sp³-hybridized carbons (Fsp3) is 0.846. The van der Waals surface area contributed by atoms with E-state index in [1.165, 1.54) is 38.5 Å². The van der Waals surface area contributed by atoms with Crippen LogP contribution in [0.1, 0.15) is 64.1 Å². The standard InChI is InChI=1S/C13H25N3O/c1-4-5-6-7-8-9-11(2)14-10-13-15-12(3)16-17-13/h11,14H,4-10H2,1-3H3. The van der Waals surface area contributed by atoms with Gasteiger partial charge in [0.05, 0.1) is 6.54 Å². The molecule has 1 N–H and O–H groups in total. The molecular weight excluding hydrogens is 214 g/mol. The van der Waals surface area contributed by atoms with Gasteiger partial charge in [-0.15, -0.1) is 0 Å². The maximum atomic E-state index is 5.05. The van der Waals surface area contributed by atoms with Gasteiger partial charge in [-0.05, 0) is 20.3 Å². The summed E-state index contributed by atoms with van der Waals surface area (Å²) in [5, 5.41) is 7.17. The van der Waals surface area contributed by atoms with Crippen molar-refractivity contribution >= 4 is 0 Å². The largest absolute Gasteiger partial charge is 0.338 e. The fourth-order valence-electron chi connectivity index (χ4n) is 1.83. The number of aryl methyl sites for hydroxylation is 1. The van der Waals surface area contributed by atoms with Crippen LogP contribution in [0.4, 0.5) is 0 Å². The minimum absolute atomic E-state index is 0.517. The lowest BCUT2D eigenvalue weighted by Crippen LogP contribution is -2.25. The van der Waals surface area contributed by atoms with Gasteiger partial charge in [0, 0.05) is 6.04 Å². The van der Waals surface area contributed by atoms with Gasteiger partial charge in [-0.25, -0.2) is 0 Å². The zero-order valence-corrected chi connectivity index (χ0v) is 11.3. The van der Waals surface area contributed by atoms with E-state index >= 15 is 0 Å². The molecule has 1 aromatic heterocycles. The molecule has 17 heavy (non-hydrogen) atoms. The zero-order valence-electron chi connectivity index (χ0n) is 11.3. The van der Waals surface area contributed by atoms with E-state index in [2.05, 4.69) is 29.3 Å². The van der Waals surface area contributed by atoms with Crippen LogP contribution >= 0.6 is 0 Å². The highest BCUT2D eigenvalue weighted by atomic mass is 16.5. The smallest absolute Gasteiger partial charge is 0.240 e. The lowest BCUT2D eigenvalue weighted by Gasteiger charge is -2.11. The second-order valence-corrected chi connectivity index (χ2v) is 4.72. The van der Waals surface area contributed by atoms with Crippen LogP contribution in [-0.4, -0.2) is 16.2 Å². The average Bonchev–Trinajstić information content (AvgIpc) is 2.72. The van der Waals surface area contributed by atoms with E-state index in [0.29, 0.717) is 24.3 Å². The van der Waals surface area contributed by atoms with Crippen LogP contribution in [0.3, 0.4) is 0 Å². The minimum Gasteiger partial charge on any atom is -0.338 e. The van der Waals surface area contributed by atoms with Crippen molar-refractivity contribution in [2.24, 2.45) is 0 Å². The molecule has 1 atom stereocenters. The second kappa shape index (κ2) is 8.23. The van der Waals surface area contributed by atoms with Gasteiger partial charge in [0.25, 0.3) is 0 Å². The van der Waals surface area contributed by atoms with Crippen molar-refractivity contribution < 1.29 is 4.52 Å². The number of nitrogens with one attached hydrogen (secondary N) is 1. The molecule has 0 amide bonds. The molecule has 4 heteroatoms. The van der Waals surface area contributed by atoms with E-state index in [1.54, 1.807) is 0 Å². The number of hydrogen-bond donors (Lipinski definition) is 1. The second-order valence-electron chi connectivity index (χ2n) is 4.72. The first-order valence-corrected chi connectivity index (χ1v) is 6.75. The summed E-state index contributed by atoms with van der Waals surface area (Å²) >= 11 is 0. The summed E-state index contributed by atoms with van der Waals surface area (Å²) < 4.78 is 5.05. The van der Waals surface area contributed by atoms with Crippen molar-refractivity contribution in [2.75, 3.05) is 0 Å². The van der Waals surface area contributed by atoms with Crippen molar-refractivity contribution in [3.05, 3.63) is 11.7 Å². The molecule has 0 bridgehead atoms. The maximum Gasteiger partial charge on any atom is 0.240 e. The Morgan fingerprint density at radius 1 is 1.24 bits per heavy atom. The van der Waals surface area contributed by atoms with Gasteiger partial charge in [-0.3, -0.25) is 0 Å². The molecule has 1 heterocycles. The SMILES string of the molecule is CCCCCCCC(C)NCc1nc(C)no1. The molecule has 0 aliphatic heterocycles. The summed E-state index contributed by atoms with van der Waals surface area (Å²) in [6.45, 7) is 6.97. The molecule has 0 spiro atoms. The van der Waals surface area contributed by atoms with E-state index in [-0.39, 0.29) is 0 Å². The average molecular weight is 239 g/mol. The first-order chi connectivity index (χ1) is 8.22. The van der Waals surface area contributed by atoms with E-state index < -0.39 is 0 Å². The highest BCUT2D eigenvalue weighted by Gasteiger charge is 2.05. The molecule has 98 valence electrons. The summed E-state index contributed by atoms with van der Waals surface area (Å²) in [4.78, 5) is 4.16. The van der Waals surface area contributed by atoms with Crippen LogP contribution in [0.25, 0.3) is 0 Å². The van der Waals surface area contributed by atoms with E-state index in [0.717, 1.165) is 0 Å². The predicted molar refractivity (Wildman–Crippen MR) is 68.7 cm³/mol. The molecule has 1 aromatic rings. The molecule has 0 aliphatic rings. The zero-order chi connectivity index (χ0) is 12.5. The Hall–Kier alpha value is -0.900. The maximum absolute atomic E-state index is 5.05. The molecule has 4 nitrogen and oxygen atoms in total. The van der Waals surface area contributed by atoms with Gasteiger partial charge >= 0.3 is 0 Å². The van der Waals surface area contributed by atoms with Crippen molar-refractivity contribution in [3.8, 4) is 0 Å². The predicted octanol–water partition coefficient (Wildman–Crippen LogP) is 3.22. The number of hydrogen-bond acceptors (Lipinski definition) is 4. The van der Waals surface area contributed by atoms with Crippen molar-refractivity contribution in [3.63, 3.8) is 0 Å². The normalized spacial score (nSPS) is 12.9. The van der Waals surface area contributed by atoms with Gasteiger partial charge in [-0.2, -0.15) is 4.98 Å². The van der Waals surface area contributed by atoms with Gasteiger partial charge < -0.3 is 9.84 Å². The monoisotopic (exact) mass is 239 g/mol. The summed E-state index contributed by atoms with van der Waals surface area (Å²) in [7, 11) is 0. The number of unbranched alkanes of at least 4 members (excludes halogenated alkanes) is 4. The molecule has 1 unspecified atom stereocenters. The Morgan fingerprint density at radius 3 is 2.65 bits per heavy atom. The first kappa shape index (κ1) is 14.2. The fourth-order valence-corrected chi connectivity index (χ4v) is 1.83. The Morgan fingerprint density at radius 2 is 2.00 bits per heavy atom. The molecule has 0 radical (unpaired) electrons. The Labute approximate surface area is 104 Å². The van der Waals surface area contributed by atoms with Gasteiger partial charge in [-0.1, -0.05) is 44.2 Å². The van der Waals surface area contributed by atoms with Crippen LogP contribution < -0.4 is 5.32 Å². The molecule has 0 saturated carbocycles. The lowest BCUT2D eigenvalue weighted by atomic mass is 10.1. The van der Waals surface area contributed by atoms with Crippen LogP contribution in [0.5, 0.6) is 0 Å². The topological polar surface area (TPSA) is 51.0 Å². The summed E-state index contributed by atoms with van der Waals surface area (Å²) in [5.74, 6) is 1.38. The van der Waals surface area contributed by atoms with Gasteiger partial charge in [0.1, 0.15) is 0 Å². The summed E-state index contributed by atoms with van der Waals surface area (Å²) in [6.07, 6.45) is 7.91. The number of rotatable bonds is 9. The summed E-state index contributed by atoms with van der Waals surface area (Å²) in [6, 6.07) is 0.517. The van der Waals surface area contributed by atoms with Crippen LogP contribution in [0.15, 0.2) is 4.52 Å². The lowest BCUT2D eigenvalue weighted by molar-refractivity contribution is 0.352. The quantitative estimate of drug-likeness (QED) is 0.672. The van der Waals surface area contributed by atoms with Crippen molar-refractivity contribution in [1.29, 1.82) is 0 Å². The Bertz CT molecular complexity index is 299. The number of aromatic nitrogens is 2. The first-order valence-electron chi connectivity index (χ1n) is 6.75. The van der Waals surface area contributed by atoms with Gasteiger partial charge in [0.15, 0.2) is 5.82 Å². The highest BCUT2D eigenvalue weighted by Crippen LogP contribution is 2.07. The molecule has 0 fully saturated rings. The van der Waals surface area contributed by atoms with Crippen molar-refractivity contribution in [1.82, 2.24) is 15.5 Å². The third-order valence-electron chi connectivity index (χ3n) is 2.91. The van der Waals surface area contributed by atoms with E-state index in [4.69, 9.17) is 4.52 Å². The minimum atomic E-state index is 0.517. The highest BCUT2D eigenvalue weighted by molar-refractivity contribution is 4.82. The van der Waals surface area contributed by atoms with Crippen LogP contribution in [0.2, 0.25) is 0 Å². The number of nitrogens with zero attached hydrogens (tertiary/aromatic N) is 2. The molecular formula is C13H25N3O. The molecule has 0 aromatic carbocycles. The van der Waals surface area contributed by atoms with Crippen molar-refractivity contribution in [2.45, 2.75) is 71.9 Å².